The van der Waals surface area contributed by atoms with Gasteiger partial charge in [0.1, 0.15) is 41.7 Å². The Bertz CT molecular complexity index is 3100. The minimum Gasteiger partial charge on any atom is -0.456 e. The van der Waals surface area contributed by atoms with E-state index < -0.39 is 24.1 Å². The van der Waals surface area contributed by atoms with Crippen molar-refractivity contribution in [3.05, 3.63) is 69.2 Å². The molecule has 17 rings (SSSR count). The van der Waals surface area contributed by atoms with Crippen LogP contribution in [0.25, 0.3) is 24.2 Å². The molecule has 12 heterocycles. The van der Waals surface area contributed by atoms with Gasteiger partial charge in [-0.3, -0.25) is 4.79 Å². The van der Waals surface area contributed by atoms with Gasteiger partial charge in [0.2, 0.25) is 30.2 Å². The van der Waals surface area contributed by atoms with E-state index in [9.17, 15) is 20.1 Å². The van der Waals surface area contributed by atoms with E-state index in [0.717, 1.165) is 141 Å². The summed E-state index contributed by atoms with van der Waals surface area (Å²) < 4.78 is 85.8. The number of esters is 1. The van der Waals surface area contributed by atoms with Crippen molar-refractivity contribution in [1.29, 1.82) is 0 Å². The maximum Gasteiger partial charge on any atom is 0.303 e. The van der Waals surface area contributed by atoms with E-state index in [4.69, 9.17) is 99.2 Å². The van der Waals surface area contributed by atoms with Gasteiger partial charge >= 0.3 is 5.97 Å². The Balaban J connectivity index is 0.000000122. The molecule has 23 nitrogen and oxygen atoms in total. The number of alkyl halides is 1. The fourth-order valence-corrected chi connectivity index (χ4v) is 21.6. The molecule has 10 bridgehead atoms. The number of aliphatic hydroxyl groups is 3. The number of carbonyl (C=O) groups excluding carboxylic acids is 1. The summed E-state index contributed by atoms with van der Waals surface area (Å²) in [5, 5.41) is 29.5. The summed E-state index contributed by atoms with van der Waals surface area (Å²) in [5.74, 6) is -0.0653. The van der Waals surface area contributed by atoms with Gasteiger partial charge in [-0.25, -0.2) is 32.9 Å². The van der Waals surface area contributed by atoms with Crippen LogP contribution in [0.15, 0.2) is 12.2 Å². The minimum atomic E-state index is -0.814. The average molecular weight is 1500 g/mol. The highest BCUT2D eigenvalue weighted by Gasteiger charge is 2.67. The molecule has 5 aliphatic carbocycles. The summed E-state index contributed by atoms with van der Waals surface area (Å²) in [6.07, 6.45) is 28.4. The lowest BCUT2D eigenvalue weighted by Crippen LogP contribution is -2.54. The number of hydrogen-bond donors (Lipinski definition) is 3. The van der Waals surface area contributed by atoms with Crippen LogP contribution in [0.1, 0.15) is 236 Å². The van der Waals surface area contributed by atoms with E-state index in [2.05, 4.69) is 47.1 Å². The molecule has 17 aliphatic rings. The fourth-order valence-electron chi connectivity index (χ4n) is 20.7. The first-order chi connectivity index (χ1) is 48.8. The first kappa shape index (κ1) is 79.1. The van der Waals surface area contributed by atoms with Crippen LogP contribution in [-0.2, 0) is 71.1 Å². The fraction of sp³-hybridized carbons (Fsp3) is 0.899. The van der Waals surface area contributed by atoms with E-state index in [1.807, 2.05) is 46.8 Å². The number of aliphatic hydroxyl groups excluding tert-OH is 3. The molecule has 6 spiro atoms. The van der Waals surface area contributed by atoms with Gasteiger partial charge < -0.3 is 106 Å². The molecular weight excluding hydrogens is 1390 g/mol. The summed E-state index contributed by atoms with van der Waals surface area (Å²) in [6, 6.07) is 0.0519. The monoisotopic (exact) mass is 1500 g/mol. The molecular formula is C79H116BrN5O18. The van der Waals surface area contributed by atoms with E-state index in [1.165, 1.54) is 26.2 Å². The number of rotatable bonds is 11. The average Bonchev–Trinajstić information content (AvgIpc) is 1.58. The van der Waals surface area contributed by atoms with Crippen molar-refractivity contribution in [3.8, 4) is 0 Å². The van der Waals surface area contributed by atoms with Crippen molar-refractivity contribution < 1.29 is 86.4 Å². The molecule has 12 saturated heterocycles. The van der Waals surface area contributed by atoms with E-state index in [0.29, 0.717) is 42.7 Å². The topological polar surface area (TPSA) is 229 Å². The second-order valence-electron chi connectivity index (χ2n) is 33.6. The lowest BCUT2D eigenvalue weighted by Gasteiger charge is -2.44. The SMILES string of the molecule is C.[C-]#[N+][C@H](C)C[C@H]1CC[C@@H]2O[C@@H]3C[C@]2(C=C[C@H]3OC(C)=O)O1.[C-]#[N+][C@H](C)C[C@H]1CC[C@@H]2O[C@@H]3C[C@]2(COC3O)O1.[C-]#[N+][C@H](C)C[C@H]1CC[C@@H]2O[C@@H]3C[C@]2(C[C@@H](O)[C@H]3O)O1.[C-]#[N+][C@H](C)C[C@H]1CC[C@@H]2O[C@@H]3C[C@]2(C[C@H](Br)[C@H]3C)O1.[C-]#[N+][C@H](C)C[C@H]1CC[C@@H]2O[C@@H]3C[C@]2(C[C@H]2OC4(CCCCC4)OC32)O1. The number of halogens is 1. The Labute approximate surface area is 619 Å². The highest BCUT2D eigenvalue weighted by atomic mass is 79.9. The molecule has 24 heteroatoms. The Morgan fingerprint density at radius 3 is 1.45 bits per heavy atom. The molecule has 12 aliphatic heterocycles. The van der Waals surface area contributed by atoms with Gasteiger partial charge in [0.05, 0.1) is 115 Å². The third-order valence-corrected chi connectivity index (χ3v) is 27.0. The molecule has 3 N–H and O–H groups in total. The number of ether oxygens (including phenoxy) is 14. The third kappa shape index (κ3) is 16.7. The molecule has 572 valence electrons. The van der Waals surface area contributed by atoms with E-state index >= 15 is 0 Å². The number of fused-ring (bicyclic) bond motifs is 7. The molecule has 16 fully saturated rings. The predicted octanol–water partition coefficient (Wildman–Crippen LogP) is 12.1. The van der Waals surface area contributed by atoms with Crippen LogP contribution in [0.4, 0.5) is 0 Å². The van der Waals surface area contributed by atoms with Gasteiger partial charge in [0.25, 0.3) is 0 Å². The molecule has 4 saturated carbocycles. The normalized spacial score (nSPS) is 47.3. The number of hydrogen-bond acceptors (Lipinski definition) is 18. The van der Waals surface area contributed by atoms with E-state index in [-0.39, 0.29) is 176 Å². The second-order valence-corrected chi connectivity index (χ2v) is 34.8. The third-order valence-electron chi connectivity index (χ3n) is 25.9. The maximum absolute atomic E-state index is 11.1. The van der Waals surface area contributed by atoms with Crippen LogP contribution in [-0.4, -0.2) is 225 Å². The van der Waals surface area contributed by atoms with Crippen molar-refractivity contribution in [2.45, 2.75) is 433 Å². The van der Waals surface area contributed by atoms with Crippen molar-refractivity contribution >= 4 is 21.9 Å². The lowest BCUT2D eigenvalue weighted by molar-refractivity contribution is -0.223. The van der Waals surface area contributed by atoms with Crippen molar-refractivity contribution in [2.24, 2.45) is 5.92 Å². The standard InChI is InChI=1S/C20H29NO4.C16H21NO4.C15H22BrNO2.C14H21NO4.C13H19NO4.CH4/c1-13(21-2)10-14-6-7-17-19(23-14)11-15(22-17)18-16(12-19)24-20(25-18)8-4-3-5-9-20;1-10(17-3)8-12-4-5-15-16(21-12)7-6-13(19-11(2)18)14(9-16)20-15;1-9(17-3)6-11-4-5-14-15(19-11)7-12(16)10(2)13(8-15)18-14;1-8(15-2)5-9-3-4-12-14(19-9)6-10(16)13(17)11(7-14)18-12;1-8(14-2)5-9-3-4-11-13(18-9)6-10(17-11)12(15)16-7-13;/h13-18H,3-12H2,1H3;6-7,10,12-15H,4-5,8-9H2,1-2H3;9-14H,4-8H2,1-2H3;8-13,16-17H,3-7H2,1H3;8-12,15H,3-7H2,1H3;1H4/t13-,14-,15-,16-,17+,18?,19-;10-,12-,13-,14-,15+,16+;9-,10-,11-,12+,13-,14+,15+;8-,9-,10-,11-,12+,13-,14+;8-,9-,10-,11+,12?,13-;/m11111./s1. The van der Waals surface area contributed by atoms with Gasteiger partial charge in [-0.2, -0.15) is 0 Å². The highest BCUT2D eigenvalue weighted by molar-refractivity contribution is 9.09. The molecule has 0 aromatic carbocycles. The second kappa shape index (κ2) is 32.6. The van der Waals surface area contributed by atoms with Gasteiger partial charge in [0.15, 0.2) is 12.1 Å². The molecule has 0 aromatic rings. The summed E-state index contributed by atoms with van der Waals surface area (Å²) in [6.45, 7) is 49.3. The zero-order valence-electron chi connectivity index (χ0n) is 60.9. The molecule has 0 amide bonds. The van der Waals surface area contributed by atoms with E-state index in [1.54, 1.807) is 0 Å². The van der Waals surface area contributed by atoms with Crippen molar-refractivity contribution in [2.75, 3.05) is 6.61 Å². The van der Waals surface area contributed by atoms with Gasteiger partial charge in [-0.05, 0) is 95.5 Å². The Morgan fingerprint density at radius 2 is 0.913 bits per heavy atom. The van der Waals surface area contributed by atoms with Crippen LogP contribution in [0.5, 0.6) is 0 Å². The van der Waals surface area contributed by atoms with Crippen LogP contribution >= 0.6 is 15.9 Å². The van der Waals surface area contributed by atoms with Crippen molar-refractivity contribution in [3.63, 3.8) is 0 Å². The largest absolute Gasteiger partial charge is 0.456 e. The summed E-state index contributed by atoms with van der Waals surface area (Å²) in [4.78, 5) is 29.5. The molecule has 0 aromatic heterocycles. The quantitative estimate of drug-likeness (QED) is 0.0756. The summed E-state index contributed by atoms with van der Waals surface area (Å²) in [5.41, 5.74) is -1.48. The van der Waals surface area contributed by atoms with Crippen LogP contribution in [0, 0.1) is 38.8 Å². The van der Waals surface area contributed by atoms with Crippen LogP contribution in [0.3, 0.4) is 0 Å². The minimum absolute atomic E-state index is 0. The Hall–Kier alpha value is -3.50. The molecule has 2 unspecified atom stereocenters. The van der Waals surface area contributed by atoms with Crippen LogP contribution < -0.4 is 0 Å². The molecule has 33 atom stereocenters. The Morgan fingerprint density at radius 1 is 0.495 bits per heavy atom. The predicted molar refractivity (Wildman–Crippen MR) is 381 cm³/mol. The first-order valence-corrected chi connectivity index (χ1v) is 39.8. The number of nitrogens with zero attached hydrogens (tertiary/aromatic N) is 5. The van der Waals surface area contributed by atoms with Gasteiger partial charge in [0, 0.05) is 136 Å². The Kier molecular flexibility index (Phi) is 25.0. The smallest absolute Gasteiger partial charge is 0.303 e. The number of carbonyl (C=O) groups is 1. The highest BCUT2D eigenvalue weighted by Crippen LogP contribution is 2.58. The summed E-state index contributed by atoms with van der Waals surface area (Å²) >= 11 is 3.81. The zero-order valence-corrected chi connectivity index (χ0v) is 62.5. The van der Waals surface area contributed by atoms with Crippen LogP contribution in [0.2, 0.25) is 0 Å². The van der Waals surface area contributed by atoms with Gasteiger partial charge in [-0.1, -0.05) is 42.8 Å². The van der Waals surface area contributed by atoms with Crippen molar-refractivity contribution in [1.82, 2.24) is 0 Å². The van der Waals surface area contributed by atoms with Gasteiger partial charge in [-0.15, -0.1) is 0 Å². The molecule has 103 heavy (non-hydrogen) atoms. The summed E-state index contributed by atoms with van der Waals surface area (Å²) in [7, 11) is 0. The maximum atomic E-state index is 11.1. The first-order valence-electron chi connectivity index (χ1n) is 38.9. The zero-order chi connectivity index (χ0) is 72.1. The molecule has 0 radical (unpaired) electrons. The lowest BCUT2D eigenvalue weighted by atomic mass is 9.75.